The van der Waals surface area contributed by atoms with E-state index in [4.69, 9.17) is 5.73 Å². The lowest BCUT2D eigenvalue weighted by atomic mass is 10.0. The second kappa shape index (κ2) is 8.76. The predicted octanol–water partition coefficient (Wildman–Crippen LogP) is 4.41. The van der Waals surface area contributed by atoms with Crippen LogP contribution in [0.15, 0.2) is 24.3 Å². The van der Waals surface area contributed by atoms with Crippen LogP contribution < -0.4 is 5.73 Å². The fourth-order valence-corrected chi connectivity index (χ4v) is 3.02. The molecule has 0 spiro atoms. The zero-order chi connectivity index (χ0) is 16.7. The normalized spacial score (nSPS) is 16.1. The molecule has 0 fully saturated rings. The van der Waals surface area contributed by atoms with Crippen molar-refractivity contribution in [3.63, 3.8) is 0 Å². The van der Waals surface area contributed by atoms with E-state index in [0.29, 0.717) is 10.8 Å². The molecule has 4 nitrogen and oxygen atoms in total. The van der Waals surface area contributed by atoms with Gasteiger partial charge in [0.15, 0.2) is 10.2 Å². The van der Waals surface area contributed by atoms with E-state index >= 15 is 0 Å². The number of fused-ring (bicyclic) bond motifs is 1. The quantitative estimate of drug-likeness (QED) is 0.817. The lowest BCUT2D eigenvalue weighted by Crippen LogP contribution is -2.18. The summed E-state index contributed by atoms with van der Waals surface area (Å²) in [5.41, 5.74) is 8.80. The van der Waals surface area contributed by atoms with Crippen molar-refractivity contribution < 1.29 is 5.11 Å². The summed E-state index contributed by atoms with van der Waals surface area (Å²) in [6, 6.07) is 8.25. The van der Waals surface area contributed by atoms with E-state index in [1.54, 1.807) is 0 Å². The maximum absolute atomic E-state index is 9.88. The molecule has 2 aromatic rings. The number of nitrogen functional groups attached to an aromatic ring is 1. The highest BCUT2D eigenvalue weighted by Crippen LogP contribution is 2.42. The topological polar surface area (TPSA) is 62.4 Å². The first-order valence-corrected chi connectivity index (χ1v) is 8.63. The largest absolute Gasteiger partial charge is 0.498 e. The third-order valence-electron chi connectivity index (χ3n) is 3.12. The van der Waals surface area contributed by atoms with Gasteiger partial charge in [0.05, 0.1) is 6.04 Å². The molecule has 1 aliphatic heterocycles. The van der Waals surface area contributed by atoms with Gasteiger partial charge in [-0.15, -0.1) is 0 Å². The number of nitrogens with two attached hydrogens (primary N) is 1. The molecular formula is C17H27N3OS. The second-order valence-corrected chi connectivity index (χ2v) is 5.98. The van der Waals surface area contributed by atoms with Gasteiger partial charge in [-0.2, -0.15) is 0 Å². The molecule has 1 atom stereocenters. The molecular weight excluding hydrogens is 294 g/mol. The van der Waals surface area contributed by atoms with Crippen LogP contribution in [0.4, 0.5) is 5.13 Å². The summed E-state index contributed by atoms with van der Waals surface area (Å²) >= 11 is 1.13. The molecule has 0 amide bonds. The Kier molecular flexibility index (Phi) is 7.35. The van der Waals surface area contributed by atoms with E-state index in [2.05, 4.69) is 35.9 Å². The van der Waals surface area contributed by atoms with Gasteiger partial charge < -0.3 is 10.8 Å². The van der Waals surface area contributed by atoms with Gasteiger partial charge in [0.25, 0.3) is 0 Å². The van der Waals surface area contributed by atoms with Gasteiger partial charge in [-0.1, -0.05) is 69.7 Å². The minimum atomic E-state index is 0.0137. The summed E-state index contributed by atoms with van der Waals surface area (Å²) in [6.07, 6.45) is 1.25. The van der Waals surface area contributed by atoms with Crippen LogP contribution in [0, 0.1) is 0 Å². The van der Waals surface area contributed by atoms with Gasteiger partial charge in [-0.25, -0.2) is 4.98 Å². The second-order valence-electron chi connectivity index (χ2n) is 4.97. The number of hydrogen-bond acceptors (Lipinski definition) is 5. The van der Waals surface area contributed by atoms with Crippen molar-refractivity contribution >= 4 is 16.5 Å². The monoisotopic (exact) mass is 321 g/mol. The number of nitrogens with zero attached hydrogens (tertiary/aromatic N) is 2. The average Bonchev–Trinajstić information content (AvgIpc) is 3.00. The molecule has 5 heteroatoms. The predicted molar refractivity (Wildman–Crippen MR) is 95.3 cm³/mol. The Morgan fingerprint density at radius 3 is 2.45 bits per heavy atom. The number of aromatic nitrogens is 1. The molecule has 0 aliphatic carbocycles. The van der Waals surface area contributed by atoms with Crippen LogP contribution >= 0.6 is 11.3 Å². The molecule has 122 valence electrons. The van der Waals surface area contributed by atoms with Gasteiger partial charge >= 0.3 is 0 Å². The molecule has 0 radical (unpaired) electrons. The Morgan fingerprint density at radius 2 is 1.91 bits per heavy atom. The van der Waals surface area contributed by atoms with Crippen LogP contribution in [0.5, 0.6) is 5.06 Å². The van der Waals surface area contributed by atoms with Crippen LogP contribution in [0.2, 0.25) is 0 Å². The fraction of sp³-hybridized carbons (Fsp3) is 0.471. The first kappa shape index (κ1) is 18.5. The summed E-state index contributed by atoms with van der Waals surface area (Å²) in [7, 11) is 2.03. The molecule has 1 aromatic heterocycles. The van der Waals surface area contributed by atoms with Crippen LogP contribution in [-0.2, 0) is 6.54 Å². The highest BCUT2D eigenvalue weighted by Gasteiger charge is 2.32. The van der Waals surface area contributed by atoms with E-state index in [1.165, 1.54) is 17.5 Å². The van der Waals surface area contributed by atoms with Gasteiger partial charge in [-0.05, 0) is 18.2 Å². The number of rotatable bonds is 1. The Hall–Kier alpha value is -1.59. The summed E-state index contributed by atoms with van der Waals surface area (Å²) in [4.78, 5) is 6.41. The van der Waals surface area contributed by atoms with Gasteiger partial charge in [0, 0.05) is 6.54 Å². The van der Waals surface area contributed by atoms with E-state index in [0.717, 1.165) is 17.9 Å². The number of aromatic hydroxyl groups is 1. The summed E-state index contributed by atoms with van der Waals surface area (Å²) in [6.45, 7) is 9.12. The Balaban J connectivity index is 0.000000435. The van der Waals surface area contributed by atoms with E-state index in [9.17, 15) is 5.11 Å². The van der Waals surface area contributed by atoms with E-state index < -0.39 is 0 Å². The third kappa shape index (κ3) is 3.99. The lowest BCUT2D eigenvalue weighted by Gasteiger charge is -2.18. The maximum Gasteiger partial charge on any atom is 0.198 e. The average molecular weight is 321 g/mol. The summed E-state index contributed by atoms with van der Waals surface area (Å²) < 4.78 is 0. The number of anilines is 1. The third-order valence-corrected chi connectivity index (χ3v) is 3.82. The molecule has 3 rings (SSSR count). The molecule has 3 N–H and O–H groups in total. The molecule has 0 saturated heterocycles. The highest BCUT2D eigenvalue weighted by molar-refractivity contribution is 7.17. The van der Waals surface area contributed by atoms with Crippen LogP contribution in [0.25, 0.3) is 0 Å². The zero-order valence-electron chi connectivity index (χ0n) is 14.1. The first-order chi connectivity index (χ1) is 10.6. The van der Waals surface area contributed by atoms with Crippen molar-refractivity contribution in [1.29, 1.82) is 0 Å². The molecule has 22 heavy (non-hydrogen) atoms. The van der Waals surface area contributed by atoms with Gasteiger partial charge in [0.1, 0.15) is 5.69 Å². The highest BCUT2D eigenvalue weighted by atomic mass is 32.1. The smallest absolute Gasteiger partial charge is 0.198 e. The number of thiazole rings is 1. The Bertz CT molecular complexity index is 583. The van der Waals surface area contributed by atoms with E-state index in [-0.39, 0.29) is 11.1 Å². The van der Waals surface area contributed by atoms with Crippen LogP contribution in [0.1, 0.15) is 57.0 Å². The SMILES string of the molecule is CC.CCC.CN1Cc2ccccc2C1c1nc(N)sc1O. The standard InChI is InChI=1S/C12H13N3OS.C3H8.C2H6/c1-15-6-7-4-2-3-5-8(7)10(15)9-11(16)17-12(13)14-9;1-3-2;1-2/h2-5,10,16H,6H2,1H3,(H2,13,14);3H2,1-2H3;1-2H3. The van der Waals surface area contributed by atoms with Gasteiger partial charge in [-0.3, -0.25) is 4.90 Å². The van der Waals surface area contributed by atoms with Crippen molar-refractivity contribution in [2.75, 3.05) is 12.8 Å². The fourth-order valence-electron chi connectivity index (χ4n) is 2.42. The Morgan fingerprint density at radius 1 is 1.32 bits per heavy atom. The summed E-state index contributed by atoms with van der Waals surface area (Å²) in [5.74, 6) is 0. The van der Waals surface area contributed by atoms with Crippen molar-refractivity contribution in [1.82, 2.24) is 9.88 Å². The van der Waals surface area contributed by atoms with Crippen molar-refractivity contribution in [2.24, 2.45) is 0 Å². The molecule has 1 aliphatic rings. The zero-order valence-corrected chi connectivity index (χ0v) is 14.9. The minimum absolute atomic E-state index is 0.0137. The molecule has 0 bridgehead atoms. The first-order valence-electron chi connectivity index (χ1n) is 7.81. The van der Waals surface area contributed by atoms with Gasteiger partial charge in [0.2, 0.25) is 0 Å². The van der Waals surface area contributed by atoms with Crippen LogP contribution in [0.3, 0.4) is 0 Å². The van der Waals surface area contributed by atoms with Crippen molar-refractivity contribution in [3.05, 3.63) is 41.1 Å². The lowest BCUT2D eigenvalue weighted by molar-refractivity contribution is 0.294. The van der Waals surface area contributed by atoms with Crippen molar-refractivity contribution in [2.45, 2.75) is 46.7 Å². The molecule has 0 saturated carbocycles. The molecule has 1 unspecified atom stereocenters. The molecule has 2 heterocycles. The Labute approximate surface area is 137 Å². The minimum Gasteiger partial charge on any atom is -0.498 e. The van der Waals surface area contributed by atoms with E-state index in [1.807, 2.05) is 33.0 Å². The number of benzene rings is 1. The maximum atomic E-state index is 9.88. The molecule has 1 aromatic carbocycles. The van der Waals surface area contributed by atoms with Crippen LogP contribution in [-0.4, -0.2) is 22.0 Å². The van der Waals surface area contributed by atoms with Crippen molar-refractivity contribution in [3.8, 4) is 5.06 Å². The number of hydrogen-bond donors (Lipinski definition) is 2. The summed E-state index contributed by atoms with van der Waals surface area (Å²) in [5, 5.41) is 10.5.